The molecule has 0 saturated heterocycles. The summed E-state index contributed by atoms with van der Waals surface area (Å²) >= 11 is 0. The molecule has 3 N–H and O–H groups in total. The third kappa shape index (κ3) is 42.8. The van der Waals surface area contributed by atoms with Crippen molar-refractivity contribution in [3.8, 4) is 0 Å². The lowest BCUT2D eigenvalue weighted by Crippen LogP contribution is -1.94. The van der Waals surface area contributed by atoms with E-state index in [9.17, 15) is 0 Å². The zero-order valence-corrected chi connectivity index (χ0v) is 28.2. The number of hydrogen-bond donors (Lipinski definition) is 2. The molecule has 0 radical (unpaired) electrons. The predicted octanol–water partition coefficient (Wildman–Crippen LogP) is 11.9. The molecule has 0 bridgehead atoms. The van der Waals surface area contributed by atoms with Gasteiger partial charge in [-0.2, -0.15) is 0 Å². The molecule has 2 heteroatoms. The summed E-state index contributed by atoms with van der Waals surface area (Å²) < 4.78 is 0. The summed E-state index contributed by atoms with van der Waals surface area (Å²) in [4.78, 5) is 0. The van der Waals surface area contributed by atoms with Crippen molar-refractivity contribution in [3.05, 3.63) is 102 Å². The molecule has 3 rings (SSSR count). The fourth-order valence-corrected chi connectivity index (χ4v) is 2.63. The SMILES string of the molecule is CC.CC.CC.CCC.CCCc1ccccc1.CCCc1ccccc1.CCN.CCNc1ccccc1. The predicted molar refractivity (Wildman–Crippen MR) is 186 cm³/mol. The van der Waals surface area contributed by atoms with Crippen LogP contribution in [0.4, 0.5) is 5.69 Å². The van der Waals surface area contributed by atoms with E-state index in [4.69, 9.17) is 5.73 Å². The highest BCUT2D eigenvalue weighted by Crippen LogP contribution is 2.03. The van der Waals surface area contributed by atoms with Gasteiger partial charge in [0.2, 0.25) is 0 Å². The van der Waals surface area contributed by atoms with E-state index in [-0.39, 0.29) is 0 Å². The molecule has 3 aromatic carbocycles. The molecular formula is C37H68N2. The minimum atomic E-state index is 0.750. The number of anilines is 1. The Morgan fingerprint density at radius 1 is 0.487 bits per heavy atom. The van der Waals surface area contributed by atoms with Crippen molar-refractivity contribution < 1.29 is 0 Å². The molecule has 0 aliphatic carbocycles. The van der Waals surface area contributed by atoms with Gasteiger partial charge in [-0.1, -0.05) is 174 Å². The number of benzene rings is 3. The van der Waals surface area contributed by atoms with Crippen molar-refractivity contribution >= 4 is 5.69 Å². The van der Waals surface area contributed by atoms with Gasteiger partial charge in [0.15, 0.2) is 0 Å². The third-order valence-corrected chi connectivity index (χ3v) is 3.92. The Morgan fingerprint density at radius 3 is 0.974 bits per heavy atom. The van der Waals surface area contributed by atoms with E-state index in [0.29, 0.717) is 0 Å². The number of nitrogens with two attached hydrogens (primary N) is 1. The Hall–Kier alpha value is -2.58. The molecule has 0 saturated carbocycles. The number of nitrogens with one attached hydrogen (secondary N) is 1. The lowest BCUT2D eigenvalue weighted by molar-refractivity contribution is 0.922. The Balaban J connectivity index is -0.000000124. The summed E-state index contributed by atoms with van der Waals surface area (Å²) in [7, 11) is 0. The van der Waals surface area contributed by atoms with Crippen LogP contribution in [-0.2, 0) is 12.8 Å². The molecule has 0 spiro atoms. The van der Waals surface area contributed by atoms with Crippen molar-refractivity contribution in [1.82, 2.24) is 0 Å². The molecule has 0 heterocycles. The van der Waals surface area contributed by atoms with Gasteiger partial charge in [0.05, 0.1) is 0 Å². The van der Waals surface area contributed by atoms with Gasteiger partial charge in [-0.05, 0) is 49.6 Å². The first-order chi connectivity index (χ1) is 19.1. The molecule has 0 aromatic heterocycles. The second-order valence-corrected chi connectivity index (χ2v) is 7.48. The zero-order valence-electron chi connectivity index (χ0n) is 28.2. The number of rotatable bonds is 6. The van der Waals surface area contributed by atoms with Crippen molar-refractivity contribution in [1.29, 1.82) is 0 Å². The highest BCUT2D eigenvalue weighted by atomic mass is 14.8. The second-order valence-electron chi connectivity index (χ2n) is 7.48. The van der Waals surface area contributed by atoms with Crippen LogP contribution in [0.25, 0.3) is 0 Å². The van der Waals surface area contributed by atoms with Crippen LogP contribution >= 0.6 is 0 Å². The quantitative estimate of drug-likeness (QED) is 0.326. The van der Waals surface area contributed by atoms with Crippen LogP contribution in [0.5, 0.6) is 0 Å². The fourth-order valence-electron chi connectivity index (χ4n) is 2.63. The van der Waals surface area contributed by atoms with E-state index in [2.05, 4.69) is 113 Å². The summed E-state index contributed by atoms with van der Waals surface area (Å²) in [5.74, 6) is 0. The third-order valence-electron chi connectivity index (χ3n) is 3.92. The monoisotopic (exact) mass is 541 g/mol. The van der Waals surface area contributed by atoms with E-state index in [1.165, 1.54) is 48.9 Å². The van der Waals surface area contributed by atoms with Crippen LogP contribution in [0.3, 0.4) is 0 Å². The first kappa shape index (κ1) is 46.3. The first-order valence-electron chi connectivity index (χ1n) is 15.7. The second kappa shape index (κ2) is 48.5. The van der Waals surface area contributed by atoms with Crippen molar-refractivity contribution in [2.45, 2.75) is 115 Å². The van der Waals surface area contributed by atoms with E-state index >= 15 is 0 Å². The highest BCUT2D eigenvalue weighted by Gasteiger charge is 1.85. The summed E-state index contributed by atoms with van der Waals surface area (Å²) in [6, 6.07) is 31.3. The van der Waals surface area contributed by atoms with Gasteiger partial charge in [-0.25, -0.2) is 0 Å². The molecule has 3 aromatic rings. The standard InChI is InChI=1S/2C9H12.C8H11N.C3H8.C2H7N.3C2H6/c2*1-2-6-9-7-4-3-5-8-9;1-2-9-8-6-4-3-5-7-8;1-3-2;1-2-3;3*1-2/h2*3-5,7-8H,2,6H2,1H3;3-7,9H,2H2,1H3;3H2,1-2H3;2-3H2,1H3;3*1-2H3. The summed E-state index contributed by atoms with van der Waals surface area (Å²) in [5, 5.41) is 3.21. The average molecular weight is 541 g/mol. The molecule has 0 amide bonds. The van der Waals surface area contributed by atoms with Gasteiger partial charge in [-0.3, -0.25) is 0 Å². The maximum Gasteiger partial charge on any atom is 0.0340 e. The van der Waals surface area contributed by atoms with E-state index in [1.54, 1.807) is 0 Å². The molecular weight excluding hydrogens is 472 g/mol. The molecule has 2 nitrogen and oxygen atoms in total. The number of aryl methyl sites for hydroxylation is 2. The first-order valence-corrected chi connectivity index (χ1v) is 15.7. The Bertz CT molecular complexity index is 597. The number of para-hydroxylation sites is 1. The van der Waals surface area contributed by atoms with Crippen molar-refractivity contribution in [2.24, 2.45) is 5.73 Å². The molecule has 0 fully saturated rings. The van der Waals surface area contributed by atoms with Crippen LogP contribution in [-0.4, -0.2) is 13.1 Å². The van der Waals surface area contributed by atoms with Crippen LogP contribution in [0.1, 0.15) is 113 Å². The molecule has 39 heavy (non-hydrogen) atoms. The summed E-state index contributed by atoms with van der Waals surface area (Å²) in [6.07, 6.45) is 6.15. The molecule has 0 aliphatic rings. The van der Waals surface area contributed by atoms with Gasteiger partial charge in [0.1, 0.15) is 0 Å². The topological polar surface area (TPSA) is 38.0 Å². The highest BCUT2D eigenvalue weighted by molar-refractivity contribution is 5.41. The normalized spacial score (nSPS) is 7.82. The Kier molecular flexibility index (Phi) is 57.5. The van der Waals surface area contributed by atoms with Gasteiger partial charge in [-0.15, -0.1) is 0 Å². The van der Waals surface area contributed by atoms with Crippen LogP contribution in [0.15, 0.2) is 91.0 Å². The van der Waals surface area contributed by atoms with Gasteiger partial charge >= 0.3 is 0 Å². The van der Waals surface area contributed by atoms with E-state index in [0.717, 1.165) is 13.1 Å². The van der Waals surface area contributed by atoms with Gasteiger partial charge < -0.3 is 11.1 Å². The largest absolute Gasteiger partial charge is 0.385 e. The lowest BCUT2D eigenvalue weighted by Gasteiger charge is -1.99. The van der Waals surface area contributed by atoms with E-state index in [1.807, 2.05) is 66.7 Å². The van der Waals surface area contributed by atoms with Gasteiger partial charge in [0, 0.05) is 12.2 Å². The lowest BCUT2D eigenvalue weighted by atomic mass is 10.1. The summed E-state index contributed by atoms with van der Waals surface area (Å²) in [5.41, 5.74) is 8.93. The Labute approximate surface area is 246 Å². The fraction of sp³-hybridized carbons (Fsp3) is 0.514. The van der Waals surface area contributed by atoms with Crippen LogP contribution in [0, 0.1) is 0 Å². The number of hydrogen-bond acceptors (Lipinski definition) is 2. The van der Waals surface area contributed by atoms with Crippen LogP contribution < -0.4 is 11.1 Å². The molecule has 226 valence electrons. The summed E-state index contributed by atoms with van der Waals surface area (Å²) in [6.45, 7) is 26.4. The van der Waals surface area contributed by atoms with Crippen LogP contribution in [0.2, 0.25) is 0 Å². The van der Waals surface area contributed by atoms with Crippen molar-refractivity contribution in [3.63, 3.8) is 0 Å². The maximum absolute atomic E-state index is 4.85. The molecule has 0 atom stereocenters. The minimum absolute atomic E-state index is 0.750. The smallest absolute Gasteiger partial charge is 0.0340 e. The molecule has 0 aliphatic heterocycles. The molecule has 0 unspecified atom stereocenters. The van der Waals surface area contributed by atoms with E-state index < -0.39 is 0 Å². The average Bonchev–Trinajstić information content (AvgIpc) is 3.00. The Morgan fingerprint density at radius 2 is 0.744 bits per heavy atom. The minimum Gasteiger partial charge on any atom is -0.385 e. The van der Waals surface area contributed by atoms with Crippen molar-refractivity contribution in [2.75, 3.05) is 18.4 Å². The van der Waals surface area contributed by atoms with Gasteiger partial charge in [0.25, 0.3) is 0 Å². The maximum atomic E-state index is 4.85. The zero-order chi connectivity index (χ0) is 31.0.